The van der Waals surface area contributed by atoms with Gasteiger partial charge in [0, 0.05) is 31.4 Å². The van der Waals surface area contributed by atoms with Gasteiger partial charge in [0.15, 0.2) is 5.03 Å². The summed E-state index contributed by atoms with van der Waals surface area (Å²) in [6.07, 6.45) is 1.55. The van der Waals surface area contributed by atoms with Crippen molar-refractivity contribution in [2.45, 2.75) is 6.54 Å². The molecule has 0 atom stereocenters. The summed E-state index contributed by atoms with van der Waals surface area (Å²) in [4.78, 5) is 16.0. The molecular weight excluding hydrogens is 281 g/mol. The normalized spacial score (nSPS) is 17.0. The molecule has 18 heavy (non-hydrogen) atoms. The zero-order chi connectivity index (χ0) is 13.1. The molecule has 1 aliphatic rings. The standard InChI is InChI=1S/C9H9Cl2N5O2/c10-7-3-8(11)13-4-6(7)5-15-2-1-12-9(15)14-16(17)18/h3-4H,1-2,5H2,(H,12,14). The van der Waals surface area contributed by atoms with E-state index in [9.17, 15) is 10.1 Å². The van der Waals surface area contributed by atoms with Gasteiger partial charge in [-0.3, -0.25) is 0 Å². The molecular formula is C9H9Cl2N5O2. The molecule has 96 valence electrons. The molecule has 9 heteroatoms. The predicted octanol–water partition coefficient (Wildman–Crippen LogP) is 1.34. The Balaban J connectivity index is 2.15. The second-order valence-electron chi connectivity index (χ2n) is 3.61. The molecule has 0 spiro atoms. The predicted molar refractivity (Wildman–Crippen MR) is 67.1 cm³/mol. The largest absolute Gasteiger partial charge is 0.349 e. The molecule has 2 rings (SSSR count). The van der Waals surface area contributed by atoms with E-state index in [0.717, 1.165) is 5.56 Å². The highest BCUT2D eigenvalue weighted by molar-refractivity contribution is 6.34. The highest BCUT2D eigenvalue weighted by Gasteiger charge is 2.22. The van der Waals surface area contributed by atoms with Crippen LogP contribution in [0, 0.1) is 10.1 Å². The number of aromatic nitrogens is 1. The molecule has 0 unspecified atom stereocenters. The molecule has 0 aromatic carbocycles. The van der Waals surface area contributed by atoms with Crippen LogP contribution in [0.3, 0.4) is 0 Å². The van der Waals surface area contributed by atoms with Crippen LogP contribution >= 0.6 is 23.2 Å². The van der Waals surface area contributed by atoms with Gasteiger partial charge < -0.3 is 10.2 Å². The minimum absolute atomic E-state index is 0.228. The van der Waals surface area contributed by atoms with Crippen LogP contribution in [0.4, 0.5) is 0 Å². The summed E-state index contributed by atoms with van der Waals surface area (Å²) < 4.78 is 0. The first-order valence-electron chi connectivity index (χ1n) is 5.08. The van der Waals surface area contributed by atoms with E-state index in [1.165, 1.54) is 6.07 Å². The van der Waals surface area contributed by atoms with Gasteiger partial charge >= 0.3 is 0 Å². The van der Waals surface area contributed by atoms with Crippen LogP contribution < -0.4 is 5.32 Å². The zero-order valence-electron chi connectivity index (χ0n) is 9.14. The minimum Gasteiger partial charge on any atom is -0.349 e. The number of hydrogen-bond donors (Lipinski definition) is 1. The Kier molecular flexibility index (Phi) is 3.83. The van der Waals surface area contributed by atoms with Gasteiger partial charge in [-0.2, -0.15) is 0 Å². The molecule has 0 bridgehead atoms. The quantitative estimate of drug-likeness (QED) is 0.516. The Labute approximate surface area is 113 Å². The van der Waals surface area contributed by atoms with Gasteiger partial charge in [-0.25, -0.2) is 15.1 Å². The summed E-state index contributed by atoms with van der Waals surface area (Å²) >= 11 is 11.7. The van der Waals surface area contributed by atoms with Crippen molar-refractivity contribution >= 4 is 29.2 Å². The number of guanidine groups is 1. The van der Waals surface area contributed by atoms with Crippen LogP contribution in [0.2, 0.25) is 10.2 Å². The molecule has 1 aromatic rings. The van der Waals surface area contributed by atoms with Crippen molar-refractivity contribution in [1.82, 2.24) is 15.2 Å². The van der Waals surface area contributed by atoms with Crippen molar-refractivity contribution in [2.24, 2.45) is 5.10 Å². The lowest BCUT2D eigenvalue weighted by Gasteiger charge is -2.16. The number of nitrogens with zero attached hydrogens (tertiary/aromatic N) is 4. The summed E-state index contributed by atoms with van der Waals surface area (Å²) in [5.74, 6) is 0.228. The summed E-state index contributed by atoms with van der Waals surface area (Å²) in [6, 6.07) is 1.53. The number of nitro groups is 1. The topological polar surface area (TPSA) is 83.7 Å². The average Bonchev–Trinajstić information content (AvgIpc) is 2.69. The monoisotopic (exact) mass is 289 g/mol. The number of rotatable bonds is 3. The van der Waals surface area contributed by atoms with Crippen molar-refractivity contribution in [1.29, 1.82) is 0 Å². The number of nitrogens with one attached hydrogen (secondary N) is 1. The smallest absolute Gasteiger partial charge is 0.271 e. The lowest BCUT2D eigenvalue weighted by Crippen LogP contribution is -2.30. The Morgan fingerprint density at radius 3 is 3.06 bits per heavy atom. The summed E-state index contributed by atoms with van der Waals surface area (Å²) in [6.45, 7) is 1.61. The van der Waals surface area contributed by atoms with Gasteiger partial charge in [0.1, 0.15) is 10.3 Å². The third-order valence-corrected chi connectivity index (χ3v) is 2.96. The SMILES string of the molecule is O=[N+]([O-])N=C1NCCN1Cc1cnc(Cl)cc1Cl. The fraction of sp³-hybridized carbons (Fsp3) is 0.333. The van der Waals surface area contributed by atoms with Crippen molar-refractivity contribution in [3.05, 3.63) is 38.1 Å². The highest BCUT2D eigenvalue weighted by Crippen LogP contribution is 2.20. The van der Waals surface area contributed by atoms with E-state index in [2.05, 4.69) is 15.4 Å². The Morgan fingerprint density at radius 2 is 2.39 bits per heavy atom. The Morgan fingerprint density at radius 1 is 1.61 bits per heavy atom. The number of halogens is 2. The second-order valence-corrected chi connectivity index (χ2v) is 4.40. The van der Waals surface area contributed by atoms with Crippen LogP contribution in [0.1, 0.15) is 5.56 Å². The van der Waals surface area contributed by atoms with Crippen LogP contribution in [-0.4, -0.2) is 34.0 Å². The third-order valence-electron chi connectivity index (χ3n) is 2.40. The number of hydrazone groups is 1. The first kappa shape index (κ1) is 12.8. The summed E-state index contributed by atoms with van der Waals surface area (Å²) in [5, 5.41) is 16.5. The maximum absolute atomic E-state index is 10.4. The second kappa shape index (κ2) is 5.36. The van der Waals surface area contributed by atoms with Gasteiger partial charge in [0.25, 0.3) is 5.96 Å². The fourth-order valence-electron chi connectivity index (χ4n) is 1.61. The van der Waals surface area contributed by atoms with E-state index in [-0.39, 0.29) is 5.96 Å². The lowest BCUT2D eigenvalue weighted by molar-refractivity contribution is -0.485. The molecule has 1 fully saturated rings. The first-order chi connectivity index (χ1) is 8.56. The van der Waals surface area contributed by atoms with Gasteiger partial charge in [-0.1, -0.05) is 23.2 Å². The Hall–Kier alpha value is -1.60. The van der Waals surface area contributed by atoms with E-state index >= 15 is 0 Å². The number of hydrogen-bond acceptors (Lipinski definition) is 3. The van der Waals surface area contributed by atoms with Gasteiger partial charge in [-0.15, -0.1) is 0 Å². The molecule has 0 saturated carbocycles. The highest BCUT2D eigenvalue weighted by atomic mass is 35.5. The maximum atomic E-state index is 10.4. The van der Waals surface area contributed by atoms with Gasteiger partial charge in [-0.05, 0) is 6.07 Å². The van der Waals surface area contributed by atoms with Crippen molar-refractivity contribution in [3.63, 3.8) is 0 Å². The zero-order valence-corrected chi connectivity index (χ0v) is 10.6. The lowest BCUT2D eigenvalue weighted by atomic mass is 10.2. The van der Waals surface area contributed by atoms with Gasteiger partial charge in [0.05, 0.1) is 5.02 Å². The molecule has 2 heterocycles. The van der Waals surface area contributed by atoms with E-state index in [1.54, 1.807) is 11.1 Å². The summed E-state index contributed by atoms with van der Waals surface area (Å²) in [7, 11) is 0. The van der Waals surface area contributed by atoms with Crippen molar-refractivity contribution < 1.29 is 5.03 Å². The van der Waals surface area contributed by atoms with Crippen LogP contribution in [0.25, 0.3) is 0 Å². The minimum atomic E-state index is -0.734. The van der Waals surface area contributed by atoms with Crippen LogP contribution in [-0.2, 0) is 6.54 Å². The summed E-state index contributed by atoms with van der Waals surface area (Å²) in [5.41, 5.74) is 0.737. The van der Waals surface area contributed by atoms with Crippen LogP contribution in [0.5, 0.6) is 0 Å². The molecule has 1 aliphatic heterocycles. The van der Waals surface area contributed by atoms with Gasteiger partial charge in [0.2, 0.25) is 0 Å². The third kappa shape index (κ3) is 2.99. The first-order valence-corrected chi connectivity index (χ1v) is 5.83. The van der Waals surface area contributed by atoms with E-state index < -0.39 is 5.03 Å². The molecule has 1 N–H and O–H groups in total. The maximum Gasteiger partial charge on any atom is 0.271 e. The number of pyridine rings is 1. The molecule has 0 aliphatic carbocycles. The molecule has 0 radical (unpaired) electrons. The average molecular weight is 290 g/mol. The van der Waals surface area contributed by atoms with E-state index in [1.807, 2.05) is 0 Å². The van der Waals surface area contributed by atoms with Crippen molar-refractivity contribution in [3.8, 4) is 0 Å². The van der Waals surface area contributed by atoms with E-state index in [0.29, 0.717) is 29.8 Å². The van der Waals surface area contributed by atoms with Crippen LogP contribution in [0.15, 0.2) is 17.4 Å². The molecule has 0 amide bonds. The molecule has 1 aromatic heterocycles. The molecule has 1 saturated heterocycles. The van der Waals surface area contributed by atoms with Crippen molar-refractivity contribution in [2.75, 3.05) is 13.1 Å². The van der Waals surface area contributed by atoms with E-state index in [4.69, 9.17) is 23.2 Å². The molecule has 7 nitrogen and oxygen atoms in total. The fourth-order valence-corrected chi connectivity index (χ4v) is 2.03. The Bertz CT molecular complexity index is 508.